The monoisotopic (exact) mass is 295 g/mol. The van der Waals surface area contributed by atoms with Crippen molar-refractivity contribution < 1.29 is 24.2 Å². The Hall–Kier alpha value is -2.24. The highest BCUT2D eigenvalue weighted by Gasteiger charge is 2.19. The fraction of sp³-hybridized carbons (Fsp3) is 0.467. The van der Waals surface area contributed by atoms with Gasteiger partial charge in [-0.15, -0.1) is 0 Å². The van der Waals surface area contributed by atoms with Crippen molar-refractivity contribution in [1.82, 2.24) is 5.32 Å². The maximum atomic E-state index is 11.1. The second kappa shape index (κ2) is 8.14. The van der Waals surface area contributed by atoms with Gasteiger partial charge in [0.2, 0.25) is 5.91 Å². The molecule has 116 valence electrons. The third-order valence-electron chi connectivity index (χ3n) is 2.72. The fourth-order valence-electron chi connectivity index (χ4n) is 1.90. The van der Waals surface area contributed by atoms with E-state index < -0.39 is 12.0 Å². The van der Waals surface area contributed by atoms with Crippen LogP contribution in [0.4, 0.5) is 0 Å². The molecule has 0 saturated heterocycles. The van der Waals surface area contributed by atoms with Crippen molar-refractivity contribution >= 4 is 11.9 Å². The lowest BCUT2D eigenvalue weighted by Gasteiger charge is -2.16. The number of amides is 1. The summed E-state index contributed by atoms with van der Waals surface area (Å²) in [4.78, 5) is 22.2. The van der Waals surface area contributed by atoms with E-state index in [1.165, 1.54) is 6.92 Å². The number of hydrogen-bond donors (Lipinski definition) is 2. The first kappa shape index (κ1) is 16.8. The number of rotatable bonds is 8. The van der Waals surface area contributed by atoms with Gasteiger partial charge < -0.3 is 19.9 Å². The van der Waals surface area contributed by atoms with Crippen LogP contribution in [0.1, 0.15) is 26.3 Å². The lowest BCUT2D eigenvalue weighted by molar-refractivity contribution is -0.141. The largest absolute Gasteiger partial charge is 0.490 e. The molecular weight excluding hydrogens is 274 g/mol. The third kappa shape index (κ3) is 5.33. The van der Waals surface area contributed by atoms with Crippen LogP contribution in [0.25, 0.3) is 0 Å². The van der Waals surface area contributed by atoms with Gasteiger partial charge in [0.05, 0.1) is 13.2 Å². The molecule has 1 amide bonds. The third-order valence-corrected chi connectivity index (χ3v) is 2.72. The summed E-state index contributed by atoms with van der Waals surface area (Å²) in [6.45, 7) is 6.03. The minimum atomic E-state index is -1.07. The SMILES string of the molecule is CCOc1ccc(CC(NC(C)=O)C(=O)O)cc1OCC. The van der Waals surface area contributed by atoms with Crippen molar-refractivity contribution in [3.63, 3.8) is 0 Å². The zero-order valence-electron chi connectivity index (χ0n) is 12.5. The van der Waals surface area contributed by atoms with Gasteiger partial charge in [-0.1, -0.05) is 6.07 Å². The first-order valence-electron chi connectivity index (χ1n) is 6.86. The summed E-state index contributed by atoms with van der Waals surface area (Å²) < 4.78 is 10.9. The highest BCUT2D eigenvalue weighted by atomic mass is 16.5. The molecule has 1 aromatic carbocycles. The van der Waals surface area contributed by atoms with Gasteiger partial charge in [-0.2, -0.15) is 0 Å². The van der Waals surface area contributed by atoms with Gasteiger partial charge in [0.15, 0.2) is 11.5 Å². The van der Waals surface area contributed by atoms with Crippen LogP contribution in [0.5, 0.6) is 11.5 Å². The Kier molecular flexibility index (Phi) is 6.52. The van der Waals surface area contributed by atoms with Gasteiger partial charge in [0, 0.05) is 13.3 Å². The molecule has 6 nitrogen and oxygen atoms in total. The molecule has 0 radical (unpaired) electrons. The fourth-order valence-corrected chi connectivity index (χ4v) is 1.90. The Morgan fingerprint density at radius 2 is 1.81 bits per heavy atom. The molecule has 2 N–H and O–H groups in total. The molecule has 0 aliphatic carbocycles. The first-order valence-corrected chi connectivity index (χ1v) is 6.86. The molecule has 1 aromatic rings. The molecule has 1 rings (SSSR count). The molecule has 0 aromatic heterocycles. The van der Waals surface area contributed by atoms with E-state index in [2.05, 4.69) is 5.32 Å². The number of carboxylic acids is 1. The van der Waals surface area contributed by atoms with Crippen molar-refractivity contribution in [2.75, 3.05) is 13.2 Å². The van der Waals surface area contributed by atoms with Crippen LogP contribution in [0, 0.1) is 0 Å². The number of benzene rings is 1. The van der Waals surface area contributed by atoms with Crippen molar-refractivity contribution in [2.45, 2.75) is 33.2 Å². The number of hydrogen-bond acceptors (Lipinski definition) is 4. The predicted molar refractivity (Wildman–Crippen MR) is 77.7 cm³/mol. The normalized spacial score (nSPS) is 11.6. The van der Waals surface area contributed by atoms with E-state index in [9.17, 15) is 9.59 Å². The molecule has 0 heterocycles. The highest BCUT2D eigenvalue weighted by molar-refractivity contribution is 5.82. The number of carboxylic acid groups (broad SMARTS) is 1. The molecule has 0 saturated carbocycles. The minimum absolute atomic E-state index is 0.182. The number of carbonyl (C=O) groups is 2. The van der Waals surface area contributed by atoms with Crippen LogP contribution in [0.15, 0.2) is 18.2 Å². The summed E-state index contributed by atoms with van der Waals surface area (Å²) >= 11 is 0. The summed E-state index contributed by atoms with van der Waals surface area (Å²) in [5.74, 6) is -0.256. The quantitative estimate of drug-likeness (QED) is 0.761. The van der Waals surface area contributed by atoms with Crippen molar-refractivity contribution in [3.05, 3.63) is 23.8 Å². The van der Waals surface area contributed by atoms with Gasteiger partial charge in [-0.25, -0.2) is 4.79 Å². The van der Waals surface area contributed by atoms with Gasteiger partial charge in [0.1, 0.15) is 6.04 Å². The average molecular weight is 295 g/mol. The first-order chi connectivity index (χ1) is 9.97. The molecule has 0 fully saturated rings. The zero-order valence-corrected chi connectivity index (χ0v) is 12.5. The van der Waals surface area contributed by atoms with E-state index in [-0.39, 0.29) is 12.3 Å². The number of aliphatic carboxylic acids is 1. The van der Waals surface area contributed by atoms with Gasteiger partial charge in [0.25, 0.3) is 0 Å². The lowest BCUT2D eigenvalue weighted by Crippen LogP contribution is -2.41. The van der Waals surface area contributed by atoms with Crippen molar-refractivity contribution in [2.24, 2.45) is 0 Å². The molecule has 21 heavy (non-hydrogen) atoms. The van der Waals surface area contributed by atoms with Crippen LogP contribution in [0.3, 0.4) is 0 Å². The van der Waals surface area contributed by atoms with E-state index >= 15 is 0 Å². The standard InChI is InChI=1S/C15H21NO5/c1-4-20-13-7-6-11(9-14(13)21-5-2)8-12(15(18)19)16-10(3)17/h6-7,9,12H,4-5,8H2,1-3H3,(H,16,17)(H,18,19). The Labute approximate surface area is 124 Å². The summed E-state index contributed by atoms with van der Waals surface area (Å²) in [5.41, 5.74) is 0.753. The summed E-state index contributed by atoms with van der Waals surface area (Å²) in [7, 11) is 0. The van der Waals surface area contributed by atoms with Crippen LogP contribution in [-0.2, 0) is 16.0 Å². The average Bonchev–Trinajstić information content (AvgIpc) is 2.41. The molecule has 0 bridgehead atoms. The summed E-state index contributed by atoms with van der Waals surface area (Å²) in [6, 6.07) is 4.29. The van der Waals surface area contributed by atoms with Crippen LogP contribution in [0.2, 0.25) is 0 Å². The summed E-state index contributed by atoms with van der Waals surface area (Å²) in [5, 5.41) is 11.5. The van der Waals surface area contributed by atoms with Crippen molar-refractivity contribution in [1.29, 1.82) is 0 Å². The minimum Gasteiger partial charge on any atom is -0.490 e. The van der Waals surface area contributed by atoms with Crippen LogP contribution < -0.4 is 14.8 Å². The van der Waals surface area contributed by atoms with E-state index in [1.54, 1.807) is 18.2 Å². The number of carbonyl (C=O) groups excluding carboxylic acids is 1. The van der Waals surface area contributed by atoms with E-state index in [0.29, 0.717) is 24.7 Å². The second-order valence-corrected chi connectivity index (χ2v) is 4.44. The number of ether oxygens (including phenoxy) is 2. The second-order valence-electron chi connectivity index (χ2n) is 4.44. The van der Waals surface area contributed by atoms with E-state index in [4.69, 9.17) is 14.6 Å². The van der Waals surface area contributed by atoms with Gasteiger partial charge >= 0.3 is 5.97 Å². The molecule has 1 unspecified atom stereocenters. The summed E-state index contributed by atoms with van der Waals surface area (Å²) in [6.07, 6.45) is 0.182. The van der Waals surface area contributed by atoms with Gasteiger partial charge in [-0.05, 0) is 31.5 Å². The Bertz CT molecular complexity index is 501. The van der Waals surface area contributed by atoms with Gasteiger partial charge in [-0.3, -0.25) is 4.79 Å². The van der Waals surface area contributed by atoms with Crippen LogP contribution >= 0.6 is 0 Å². The maximum absolute atomic E-state index is 11.1. The topological polar surface area (TPSA) is 84.9 Å². The Balaban J connectivity index is 2.93. The molecule has 0 spiro atoms. The Morgan fingerprint density at radius 1 is 1.19 bits per heavy atom. The molecule has 0 aliphatic rings. The van der Waals surface area contributed by atoms with Crippen molar-refractivity contribution in [3.8, 4) is 11.5 Å². The predicted octanol–water partition coefficient (Wildman–Crippen LogP) is 1.62. The zero-order chi connectivity index (χ0) is 15.8. The van der Waals surface area contributed by atoms with Crippen LogP contribution in [-0.4, -0.2) is 36.2 Å². The smallest absolute Gasteiger partial charge is 0.326 e. The highest BCUT2D eigenvalue weighted by Crippen LogP contribution is 2.29. The number of nitrogens with one attached hydrogen (secondary N) is 1. The molecule has 6 heteroatoms. The maximum Gasteiger partial charge on any atom is 0.326 e. The Morgan fingerprint density at radius 3 is 2.33 bits per heavy atom. The molecule has 0 aliphatic heterocycles. The van der Waals surface area contributed by atoms with E-state index in [0.717, 1.165) is 5.56 Å². The molecular formula is C15H21NO5. The van der Waals surface area contributed by atoms with E-state index in [1.807, 2.05) is 13.8 Å². The molecule has 1 atom stereocenters. The lowest BCUT2D eigenvalue weighted by atomic mass is 10.1.